The molecule has 0 radical (unpaired) electrons. The molecule has 1 heterocycles. The summed E-state index contributed by atoms with van der Waals surface area (Å²) in [6.45, 7) is 5.32. The van der Waals surface area contributed by atoms with Crippen molar-refractivity contribution in [3.63, 3.8) is 0 Å². The molecule has 2 aromatic rings. The number of hydrogen-bond donors (Lipinski definition) is 1. The van der Waals surface area contributed by atoms with Gasteiger partial charge >= 0.3 is 0 Å². The Bertz CT molecular complexity index is 450. The van der Waals surface area contributed by atoms with Crippen LogP contribution in [0.4, 0.5) is 0 Å². The third-order valence-electron chi connectivity index (χ3n) is 2.95. The van der Waals surface area contributed by atoms with Crippen LogP contribution in [0.2, 0.25) is 0 Å². The third kappa shape index (κ3) is 3.40. The quantitative estimate of drug-likeness (QED) is 0.850. The van der Waals surface area contributed by atoms with E-state index in [2.05, 4.69) is 41.4 Å². The van der Waals surface area contributed by atoms with Crippen molar-refractivity contribution in [2.24, 2.45) is 0 Å². The molecule has 0 spiro atoms. The minimum absolute atomic E-state index is 0.562. The molecular weight excluding hydrogens is 226 g/mol. The van der Waals surface area contributed by atoms with E-state index in [0.717, 1.165) is 12.1 Å². The Balaban J connectivity index is 1.92. The van der Waals surface area contributed by atoms with Crippen LogP contribution in [0.3, 0.4) is 0 Å². The summed E-state index contributed by atoms with van der Waals surface area (Å²) in [7, 11) is 0. The standard InChI is InChI=1S/C14H19N3O/c1-3-4-11(2)15-9-12-5-7-13(8-6-12)14-16-10-18-17-14/h5-8,10-11,15H,3-4,9H2,1-2H3/t11-/m0/s1. The monoisotopic (exact) mass is 245 g/mol. The van der Waals surface area contributed by atoms with E-state index in [1.807, 2.05) is 12.1 Å². The van der Waals surface area contributed by atoms with Gasteiger partial charge in [-0.3, -0.25) is 0 Å². The van der Waals surface area contributed by atoms with Crippen LogP contribution in [0.25, 0.3) is 11.4 Å². The smallest absolute Gasteiger partial charge is 0.214 e. The van der Waals surface area contributed by atoms with Crippen LogP contribution in [-0.2, 0) is 6.54 Å². The van der Waals surface area contributed by atoms with Gasteiger partial charge in [-0.15, -0.1) is 0 Å². The lowest BCUT2D eigenvalue weighted by Gasteiger charge is -2.12. The highest BCUT2D eigenvalue weighted by Crippen LogP contribution is 2.15. The molecule has 0 aliphatic carbocycles. The van der Waals surface area contributed by atoms with Crippen molar-refractivity contribution < 1.29 is 4.52 Å². The third-order valence-corrected chi connectivity index (χ3v) is 2.95. The highest BCUT2D eigenvalue weighted by atomic mass is 16.5. The van der Waals surface area contributed by atoms with Crippen molar-refractivity contribution in [1.29, 1.82) is 0 Å². The molecule has 0 bridgehead atoms. The van der Waals surface area contributed by atoms with Crippen LogP contribution in [0.15, 0.2) is 35.2 Å². The normalized spacial score (nSPS) is 12.6. The number of nitrogens with zero attached hydrogens (tertiary/aromatic N) is 2. The zero-order chi connectivity index (χ0) is 12.8. The van der Waals surface area contributed by atoms with Gasteiger partial charge in [-0.2, -0.15) is 4.98 Å². The van der Waals surface area contributed by atoms with E-state index in [1.54, 1.807) is 0 Å². The molecule has 0 aliphatic rings. The Morgan fingerprint density at radius 3 is 2.67 bits per heavy atom. The zero-order valence-electron chi connectivity index (χ0n) is 10.9. The molecule has 18 heavy (non-hydrogen) atoms. The molecule has 2 rings (SSSR count). The maximum absolute atomic E-state index is 4.73. The summed E-state index contributed by atoms with van der Waals surface area (Å²) in [6, 6.07) is 8.79. The second-order valence-electron chi connectivity index (χ2n) is 4.52. The summed E-state index contributed by atoms with van der Waals surface area (Å²) in [4.78, 5) is 4.02. The van der Waals surface area contributed by atoms with Gasteiger partial charge in [0.1, 0.15) is 0 Å². The summed E-state index contributed by atoms with van der Waals surface area (Å²) >= 11 is 0. The molecule has 1 aromatic carbocycles. The van der Waals surface area contributed by atoms with Crippen molar-refractivity contribution in [3.8, 4) is 11.4 Å². The predicted molar refractivity (Wildman–Crippen MR) is 70.9 cm³/mol. The molecular formula is C14H19N3O. The summed E-state index contributed by atoms with van der Waals surface area (Å²) in [5.41, 5.74) is 2.25. The summed E-state index contributed by atoms with van der Waals surface area (Å²) in [5.74, 6) is 0.633. The average molecular weight is 245 g/mol. The van der Waals surface area contributed by atoms with E-state index in [1.165, 1.54) is 24.8 Å². The average Bonchev–Trinajstić information content (AvgIpc) is 2.91. The Morgan fingerprint density at radius 1 is 1.28 bits per heavy atom. The van der Waals surface area contributed by atoms with E-state index < -0.39 is 0 Å². The van der Waals surface area contributed by atoms with E-state index in [0.29, 0.717) is 11.9 Å². The molecule has 1 N–H and O–H groups in total. The minimum atomic E-state index is 0.562. The fourth-order valence-electron chi connectivity index (χ4n) is 1.90. The summed E-state index contributed by atoms with van der Waals surface area (Å²) < 4.78 is 4.73. The number of nitrogens with one attached hydrogen (secondary N) is 1. The molecule has 0 saturated carbocycles. The van der Waals surface area contributed by atoms with E-state index in [4.69, 9.17) is 4.52 Å². The van der Waals surface area contributed by atoms with Crippen molar-refractivity contribution in [2.45, 2.75) is 39.3 Å². The van der Waals surface area contributed by atoms with Gasteiger partial charge in [0.25, 0.3) is 0 Å². The number of aromatic nitrogens is 2. The zero-order valence-corrected chi connectivity index (χ0v) is 10.9. The van der Waals surface area contributed by atoms with Crippen molar-refractivity contribution in [3.05, 3.63) is 36.2 Å². The van der Waals surface area contributed by atoms with Crippen LogP contribution < -0.4 is 5.32 Å². The molecule has 96 valence electrons. The summed E-state index contributed by atoms with van der Waals surface area (Å²) in [6.07, 6.45) is 3.77. The van der Waals surface area contributed by atoms with E-state index in [-0.39, 0.29) is 0 Å². The van der Waals surface area contributed by atoms with Gasteiger partial charge in [0.05, 0.1) is 0 Å². The highest BCUT2D eigenvalue weighted by Gasteiger charge is 2.03. The van der Waals surface area contributed by atoms with Gasteiger partial charge in [0.2, 0.25) is 12.2 Å². The largest absolute Gasteiger partial charge is 0.342 e. The second-order valence-corrected chi connectivity index (χ2v) is 4.52. The first-order valence-electron chi connectivity index (χ1n) is 6.38. The van der Waals surface area contributed by atoms with Crippen molar-refractivity contribution in [2.75, 3.05) is 0 Å². The van der Waals surface area contributed by atoms with E-state index >= 15 is 0 Å². The van der Waals surface area contributed by atoms with Crippen LogP contribution in [0, 0.1) is 0 Å². The Labute approximate surface area is 107 Å². The maximum atomic E-state index is 4.73. The minimum Gasteiger partial charge on any atom is -0.342 e. The second kappa shape index (κ2) is 6.31. The van der Waals surface area contributed by atoms with Gasteiger partial charge in [0.15, 0.2) is 0 Å². The number of benzene rings is 1. The lowest BCUT2D eigenvalue weighted by molar-refractivity contribution is 0.419. The van der Waals surface area contributed by atoms with Crippen LogP contribution in [0.1, 0.15) is 32.3 Å². The lowest BCUT2D eigenvalue weighted by atomic mass is 10.1. The molecule has 0 amide bonds. The molecule has 0 unspecified atom stereocenters. The van der Waals surface area contributed by atoms with Gasteiger partial charge in [-0.05, 0) is 18.9 Å². The SMILES string of the molecule is CCC[C@H](C)NCc1ccc(-c2ncon2)cc1. The Hall–Kier alpha value is -1.68. The molecule has 0 aliphatic heterocycles. The molecule has 0 saturated heterocycles. The molecule has 1 atom stereocenters. The van der Waals surface area contributed by atoms with Crippen molar-refractivity contribution >= 4 is 0 Å². The van der Waals surface area contributed by atoms with Gasteiger partial charge in [-0.1, -0.05) is 42.8 Å². The predicted octanol–water partition coefficient (Wildman–Crippen LogP) is 3.01. The van der Waals surface area contributed by atoms with Crippen LogP contribution in [-0.4, -0.2) is 16.2 Å². The van der Waals surface area contributed by atoms with Gasteiger partial charge in [-0.25, -0.2) is 0 Å². The topological polar surface area (TPSA) is 51.0 Å². The number of hydrogen-bond acceptors (Lipinski definition) is 4. The maximum Gasteiger partial charge on any atom is 0.214 e. The van der Waals surface area contributed by atoms with Crippen molar-refractivity contribution in [1.82, 2.24) is 15.5 Å². The summed E-state index contributed by atoms with van der Waals surface area (Å²) in [5, 5.41) is 7.32. The van der Waals surface area contributed by atoms with Crippen LogP contribution in [0.5, 0.6) is 0 Å². The Morgan fingerprint density at radius 2 is 2.06 bits per heavy atom. The first kappa shape index (κ1) is 12.8. The molecule has 4 heteroatoms. The van der Waals surface area contributed by atoms with Crippen LogP contribution >= 0.6 is 0 Å². The molecule has 0 fully saturated rings. The first-order valence-corrected chi connectivity index (χ1v) is 6.38. The fourth-order valence-corrected chi connectivity index (χ4v) is 1.90. The first-order chi connectivity index (χ1) is 8.79. The lowest BCUT2D eigenvalue weighted by Crippen LogP contribution is -2.24. The van der Waals surface area contributed by atoms with E-state index in [9.17, 15) is 0 Å². The Kier molecular flexibility index (Phi) is 4.47. The highest BCUT2D eigenvalue weighted by molar-refractivity contribution is 5.54. The van der Waals surface area contributed by atoms with Gasteiger partial charge < -0.3 is 9.84 Å². The van der Waals surface area contributed by atoms with Gasteiger partial charge in [0, 0.05) is 18.2 Å². The fraction of sp³-hybridized carbons (Fsp3) is 0.429. The molecule has 1 aromatic heterocycles. The number of rotatable bonds is 6. The molecule has 4 nitrogen and oxygen atoms in total.